The monoisotopic (exact) mass is 424 g/mol. The van der Waals surface area contributed by atoms with Crippen molar-refractivity contribution in [1.82, 2.24) is 14.8 Å². The highest BCUT2D eigenvalue weighted by Gasteiger charge is 2.35. The van der Waals surface area contributed by atoms with Crippen molar-refractivity contribution in [3.63, 3.8) is 0 Å². The van der Waals surface area contributed by atoms with Gasteiger partial charge in [-0.1, -0.05) is 28.9 Å². The number of amides is 1. The third-order valence-corrected chi connectivity index (χ3v) is 6.93. The van der Waals surface area contributed by atoms with Crippen LogP contribution >= 0.6 is 11.6 Å². The van der Waals surface area contributed by atoms with Crippen LogP contribution in [0.25, 0.3) is 0 Å². The van der Waals surface area contributed by atoms with Crippen LogP contribution in [-0.2, 0) is 21.2 Å². The van der Waals surface area contributed by atoms with E-state index < -0.39 is 10.0 Å². The van der Waals surface area contributed by atoms with Crippen molar-refractivity contribution in [2.75, 3.05) is 18.4 Å². The molecular weight excluding hydrogens is 404 g/mol. The van der Waals surface area contributed by atoms with Crippen LogP contribution in [0.15, 0.2) is 39.8 Å². The molecule has 8 nitrogen and oxygen atoms in total. The van der Waals surface area contributed by atoms with E-state index in [-0.39, 0.29) is 28.0 Å². The number of carbonyl (C=O) groups is 1. The van der Waals surface area contributed by atoms with Gasteiger partial charge >= 0.3 is 0 Å². The number of carbonyl (C=O) groups excluding carboxylic acids is 1. The van der Waals surface area contributed by atoms with E-state index in [9.17, 15) is 13.2 Å². The lowest BCUT2D eigenvalue weighted by Crippen LogP contribution is -2.52. The van der Waals surface area contributed by atoms with Crippen molar-refractivity contribution < 1.29 is 17.7 Å². The van der Waals surface area contributed by atoms with Crippen LogP contribution < -0.4 is 10.0 Å². The number of hydrogen-bond acceptors (Lipinski definition) is 6. The molecule has 0 saturated carbocycles. The van der Waals surface area contributed by atoms with Crippen LogP contribution in [-0.4, -0.2) is 43.6 Å². The second-order valence-electron chi connectivity index (χ2n) is 7.07. The lowest BCUT2D eigenvalue weighted by molar-refractivity contribution is -0.132. The van der Waals surface area contributed by atoms with Gasteiger partial charge in [-0.2, -0.15) is 4.72 Å². The maximum Gasteiger partial charge on any atom is 0.244 e. The quantitative estimate of drug-likeness (QED) is 0.779. The predicted molar refractivity (Wildman–Crippen MR) is 103 cm³/mol. The molecule has 1 aromatic heterocycles. The van der Waals surface area contributed by atoms with Crippen LogP contribution in [0.5, 0.6) is 0 Å². The fraction of sp³-hybridized carbons (Fsp3) is 0.444. The molecule has 3 heterocycles. The highest BCUT2D eigenvalue weighted by Crippen LogP contribution is 2.30. The minimum Gasteiger partial charge on any atom is -0.368 e. The average Bonchev–Trinajstić information content (AvgIpc) is 3.11. The van der Waals surface area contributed by atoms with Crippen LogP contribution in [0.2, 0.25) is 5.15 Å². The van der Waals surface area contributed by atoms with Gasteiger partial charge in [0.25, 0.3) is 0 Å². The number of sulfonamides is 1. The van der Waals surface area contributed by atoms with Gasteiger partial charge in [0, 0.05) is 32.0 Å². The maximum absolute atomic E-state index is 12.5. The molecule has 0 spiro atoms. The molecule has 1 atom stereocenters. The molecule has 0 bridgehead atoms. The second-order valence-corrected chi connectivity index (χ2v) is 9.14. The molecule has 0 unspecified atom stereocenters. The fourth-order valence-corrected chi connectivity index (χ4v) is 5.28. The number of anilines is 1. The van der Waals surface area contributed by atoms with E-state index in [0.29, 0.717) is 37.4 Å². The van der Waals surface area contributed by atoms with Gasteiger partial charge in [0.05, 0.1) is 11.9 Å². The molecule has 2 aliphatic rings. The summed E-state index contributed by atoms with van der Waals surface area (Å²) in [6, 6.07) is 8.49. The highest BCUT2D eigenvalue weighted by molar-refractivity contribution is 7.89. The summed E-state index contributed by atoms with van der Waals surface area (Å²) in [5.74, 6) is 0.751. The van der Waals surface area contributed by atoms with Gasteiger partial charge in [-0.15, -0.1) is 0 Å². The number of aromatic nitrogens is 1. The molecule has 1 aromatic carbocycles. The summed E-state index contributed by atoms with van der Waals surface area (Å²) < 4.78 is 32.7. The second kappa shape index (κ2) is 7.73. The number of benzene rings is 1. The lowest BCUT2D eigenvalue weighted by atomic mass is 9.93. The minimum atomic E-state index is -3.53. The first-order valence-corrected chi connectivity index (χ1v) is 11.1. The Morgan fingerprint density at radius 3 is 2.75 bits per heavy atom. The van der Waals surface area contributed by atoms with E-state index in [2.05, 4.69) is 15.2 Å². The number of rotatable bonds is 4. The summed E-state index contributed by atoms with van der Waals surface area (Å²) in [6.07, 6.45) is 1.87. The highest BCUT2D eigenvalue weighted by atomic mass is 35.5. The SMILES string of the molecule is O=C(CCc1cc(Cl)no1)N1CCC([C@H]2Nc3ccccc3S(=O)(=O)N2)CC1. The first-order chi connectivity index (χ1) is 13.4. The normalized spacial score (nSPS) is 21.8. The number of halogens is 1. The van der Waals surface area contributed by atoms with Gasteiger partial charge in [-0.25, -0.2) is 8.42 Å². The summed E-state index contributed by atoms with van der Waals surface area (Å²) in [5.41, 5.74) is 0.621. The van der Waals surface area contributed by atoms with E-state index in [1.807, 2.05) is 11.0 Å². The molecule has 4 rings (SSSR count). The predicted octanol–water partition coefficient (Wildman–Crippen LogP) is 2.23. The number of fused-ring (bicyclic) bond motifs is 1. The van der Waals surface area contributed by atoms with Crippen molar-refractivity contribution in [3.05, 3.63) is 41.2 Å². The van der Waals surface area contributed by atoms with Crippen LogP contribution in [0.3, 0.4) is 0 Å². The Kier molecular flexibility index (Phi) is 5.31. The van der Waals surface area contributed by atoms with Crippen molar-refractivity contribution in [3.8, 4) is 0 Å². The molecule has 150 valence electrons. The van der Waals surface area contributed by atoms with Gasteiger partial charge in [0.2, 0.25) is 15.9 Å². The molecule has 2 aliphatic heterocycles. The van der Waals surface area contributed by atoms with E-state index in [4.69, 9.17) is 16.1 Å². The topological polar surface area (TPSA) is 105 Å². The number of nitrogens with one attached hydrogen (secondary N) is 2. The summed E-state index contributed by atoms with van der Waals surface area (Å²) in [7, 11) is -3.53. The smallest absolute Gasteiger partial charge is 0.244 e. The van der Waals surface area contributed by atoms with E-state index in [0.717, 1.165) is 12.8 Å². The van der Waals surface area contributed by atoms with E-state index in [1.165, 1.54) is 0 Å². The molecule has 1 saturated heterocycles. The summed E-state index contributed by atoms with van der Waals surface area (Å²) in [4.78, 5) is 14.5. The molecular formula is C18H21ClN4O4S. The zero-order valence-corrected chi connectivity index (χ0v) is 16.7. The van der Waals surface area contributed by atoms with E-state index in [1.54, 1.807) is 24.3 Å². The molecule has 28 heavy (non-hydrogen) atoms. The summed E-state index contributed by atoms with van der Waals surface area (Å²) >= 11 is 5.71. The molecule has 1 fully saturated rings. The van der Waals surface area contributed by atoms with Crippen molar-refractivity contribution in [1.29, 1.82) is 0 Å². The fourth-order valence-electron chi connectivity index (χ4n) is 3.74. The van der Waals surface area contributed by atoms with Gasteiger partial charge in [-0.05, 0) is 30.9 Å². The number of aryl methyl sites for hydroxylation is 1. The minimum absolute atomic E-state index is 0.0495. The average molecular weight is 425 g/mol. The number of piperidine rings is 1. The summed E-state index contributed by atoms with van der Waals surface area (Å²) in [5, 5.41) is 7.17. The zero-order valence-electron chi connectivity index (χ0n) is 15.1. The first-order valence-electron chi connectivity index (χ1n) is 9.19. The standard InChI is InChI=1S/C18H21ClN4O4S/c19-16-11-13(27-21-16)5-6-17(24)23-9-7-12(8-10-23)18-20-14-3-1-2-4-15(14)28(25,26)22-18/h1-4,11-12,18,20,22H,5-10H2/t18-/m0/s1. The third-order valence-electron chi connectivity index (χ3n) is 5.25. The molecule has 2 aromatic rings. The largest absolute Gasteiger partial charge is 0.368 e. The molecule has 2 N–H and O–H groups in total. The molecule has 0 radical (unpaired) electrons. The number of para-hydroxylation sites is 1. The van der Waals surface area contributed by atoms with Crippen LogP contribution in [0, 0.1) is 5.92 Å². The Morgan fingerprint density at radius 2 is 2.04 bits per heavy atom. The van der Waals surface area contributed by atoms with Gasteiger partial charge in [0.1, 0.15) is 10.7 Å². The number of hydrogen-bond donors (Lipinski definition) is 2. The molecule has 0 aliphatic carbocycles. The number of nitrogens with zero attached hydrogens (tertiary/aromatic N) is 2. The van der Waals surface area contributed by atoms with Crippen LogP contribution in [0.1, 0.15) is 25.0 Å². The maximum atomic E-state index is 12.5. The third kappa shape index (κ3) is 4.01. The number of likely N-dealkylation sites (tertiary alicyclic amines) is 1. The van der Waals surface area contributed by atoms with Gasteiger partial charge < -0.3 is 14.7 Å². The first kappa shape index (κ1) is 19.2. The molecule has 10 heteroatoms. The summed E-state index contributed by atoms with van der Waals surface area (Å²) in [6.45, 7) is 1.20. The Balaban J connectivity index is 1.32. The van der Waals surface area contributed by atoms with Gasteiger partial charge in [-0.3, -0.25) is 4.79 Å². The van der Waals surface area contributed by atoms with Gasteiger partial charge in [0.15, 0.2) is 5.15 Å². The van der Waals surface area contributed by atoms with Crippen molar-refractivity contribution in [2.45, 2.75) is 36.7 Å². The Morgan fingerprint density at radius 1 is 1.29 bits per heavy atom. The zero-order chi connectivity index (χ0) is 19.7. The van der Waals surface area contributed by atoms with Crippen molar-refractivity contribution >= 4 is 33.2 Å². The van der Waals surface area contributed by atoms with Crippen molar-refractivity contribution in [2.24, 2.45) is 5.92 Å². The molecule has 1 amide bonds. The Hall–Kier alpha value is -2.10. The van der Waals surface area contributed by atoms with Crippen LogP contribution in [0.4, 0.5) is 5.69 Å². The Bertz CT molecular complexity index is 969. The lowest BCUT2D eigenvalue weighted by Gasteiger charge is -2.38. The Labute approximate surface area is 168 Å². The van der Waals surface area contributed by atoms with E-state index >= 15 is 0 Å².